The van der Waals surface area contributed by atoms with Crippen molar-refractivity contribution in [3.8, 4) is 0 Å². The van der Waals surface area contributed by atoms with E-state index in [1.807, 2.05) is 4.90 Å². The molecule has 1 N–H and O–H groups in total. The molecule has 0 spiro atoms. The van der Waals surface area contributed by atoms with E-state index in [-0.39, 0.29) is 5.95 Å². The molecule has 2 fully saturated rings. The maximum absolute atomic E-state index is 12.8. The van der Waals surface area contributed by atoms with Crippen LogP contribution in [0.1, 0.15) is 31.4 Å². The Morgan fingerprint density at radius 3 is 2.52 bits per heavy atom. The van der Waals surface area contributed by atoms with Gasteiger partial charge in [0.2, 0.25) is 5.95 Å². The molecule has 0 unspecified atom stereocenters. The number of rotatable bonds is 4. The first-order valence-corrected chi connectivity index (χ1v) is 7.41. The molecule has 1 saturated heterocycles. The van der Waals surface area contributed by atoms with Crippen LogP contribution < -0.4 is 10.2 Å². The molecular formula is C14H19F3N4. The van der Waals surface area contributed by atoms with Crippen molar-refractivity contribution in [1.29, 1.82) is 0 Å². The van der Waals surface area contributed by atoms with E-state index in [0.29, 0.717) is 12.0 Å². The van der Waals surface area contributed by atoms with Crippen LogP contribution in [-0.2, 0) is 6.18 Å². The number of anilines is 1. The van der Waals surface area contributed by atoms with E-state index < -0.39 is 11.9 Å². The molecule has 4 nitrogen and oxygen atoms in total. The van der Waals surface area contributed by atoms with E-state index in [9.17, 15) is 13.2 Å². The summed E-state index contributed by atoms with van der Waals surface area (Å²) < 4.78 is 38.4. The standard InChI is InChI=1S/C14H19F3N4/c15-14(16,17)12-5-8-19-13(20-12)21(11-1-2-11)9-10-3-6-18-7-4-10/h5,8,10-11,18H,1-4,6-7,9H2. The molecule has 1 aromatic heterocycles. The van der Waals surface area contributed by atoms with Crippen molar-refractivity contribution < 1.29 is 13.2 Å². The van der Waals surface area contributed by atoms with E-state index in [0.717, 1.165) is 51.4 Å². The number of aromatic nitrogens is 2. The van der Waals surface area contributed by atoms with Crippen LogP contribution in [0.5, 0.6) is 0 Å². The van der Waals surface area contributed by atoms with Crippen LogP contribution in [0.25, 0.3) is 0 Å². The molecule has 1 saturated carbocycles. The van der Waals surface area contributed by atoms with Crippen molar-refractivity contribution in [2.45, 2.75) is 37.9 Å². The Balaban J connectivity index is 1.77. The van der Waals surface area contributed by atoms with Crippen molar-refractivity contribution in [3.63, 3.8) is 0 Å². The third-order valence-electron chi connectivity index (χ3n) is 4.09. The first-order valence-electron chi connectivity index (χ1n) is 7.41. The molecular weight excluding hydrogens is 281 g/mol. The lowest BCUT2D eigenvalue weighted by Crippen LogP contribution is -2.38. The van der Waals surface area contributed by atoms with Gasteiger partial charge in [0, 0.05) is 18.8 Å². The summed E-state index contributed by atoms with van der Waals surface area (Å²) in [6, 6.07) is 1.24. The van der Waals surface area contributed by atoms with Gasteiger partial charge in [-0.2, -0.15) is 13.2 Å². The highest BCUT2D eigenvalue weighted by atomic mass is 19.4. The van der Waals surface area contributed by atoms with Crippen LogP contribution in [0, 0.1) is 5.92 Å². The Labute approximate surface area is 121 Å². The van der Waals surface area contributed by atoms with Crippen LogP contribution in [0.15, 0.2) is 12.3 Å². The minimum atomic E-state index is -4.42. The molecule has 1 aliphatic carbocycles. The molecule has 0 bridgehead atoms. The van der Waals surface area contributed by atoms with Gasteiger partial charge in [0.25, 0.3) is 0 Å². The molecule has 0 radical (unpaired) electrons. The summed E-state index contributed by atoms with van der Waals surface area (Å²) in [6.45, 7) is 2.72. The second-order valence-corrected chi connectivity index (χ2v) is 5.82. The van der Waals surface area contributed by atoms with Gasteiger partial charge in [-0.05, 0) is 50.8 Å². The third kappa shape index (κ3) is 3.64. The first kappa shape index (κ1) is 14.6. The lowest BCUT2D eigenvalue weighted by molar-refractivity contribution is -0.141. The molecule has 0 aromatic carbocycles. The maximum Gasteiger partial charge on any atom is 0.433 e. The molecule has 1 aromatic rings. The molecule has 0 amide bonds. The number of hydrogen-bond donors (Lipinski definition) is 1. The Kier molecular flexibility index (Phi) is 4.01. The summed E-state index contributed by atoms with van der Waals surface area (Å²) in [4.78, 5) is 9.80. The zero-order valence-corrected chi connectivity index (χ0v) is 11.7. The average Bonchev–Trinajstić information content (AvgIpc) is 3.30. The fourth-order valence-corrected chi connectivity index (χ4v) is 2.77. The fourth-order valence-electron chi connectivity index (χ4n) is 2.77. The van der Waals surface area contributed by atoms with Gasteiger partial charge in [-0.15, -0.1) is 0 Å². The van der Waals surface area contributed by atoms with Crippen LogP contribution >= 0.6 is 0 Å². The highest BCUT2D eigenvalue weighted by Crippen LogP contribution is 2.33. The van der Waals surface area contributed by atoms with Gasteiger partial charge in [-0.25, -0.2) is 9.97 Å². The summed E-state index contributed by atoms with van der Waals surface area (Å²) >= 11 is 0. The second-order valence-electron chi connectivity index (χ2n) is 5.82. The van der Waals surface area contributed by atoms with E-state index >= 15 is 0 Å². The Bertz CT molecular complexity index is 481. The van der Waals surface area contributed by atoms with E-state index in [1.54, 1.807) is 0 Å². The number of alkyl halides is 3. The van der Waals surface area contributed by atoms with Crippen molar-refractivity contribution >= 4 is 5.95 Å². The van der Waals surface area contributed by atoms with Gasteiger partial charge >= 0.3 is 6.18 Å². The van der Waals surface area contributed by atoms with Crippen LogP contribution in [0.4, 0.5) is 19.1 Å². The number of nitrogens with one attached hydrogen (secondary N) is 1. The Morgan fingerprint density at radius 1 is 1.19 bits per heavy atom. The number of hydrogen-bond acceptors (Lipinski definition) is 4. The fraction of sp³-hybridized carbons (Fsp3) is 0.714. The minimum Gasteiger partial charge on any atom is -0.338 e. The Morgan fingerprint density at radius 2 is 1.90 bits per heavy atom. The number of piperidine rings is 1. The zero-order valence-electron chi connectivity index (χ0n) is 11.7. The predicted molar refractivity (Wildman–Crippen MR) is 73.0 cm³/mol. The van der Waals surface area contributed by atoms with Crippen molar-refractivity contribution in [1.82, 2.24) is 15.3 Å². The molecule has 21 heavy (non-hydrogen) atoms. The van der Waals surface area contributed by atoms with E-state index in [1.165, 1.54) is 6.20 Å². The van der Waals surface area contributed by atoms with Crippen molar-refractivity contribution in [3.05, 3.63) is 18.0 Å². The SMILES string of the molecule is FC(F)(F)c1ccnc(N(CC2CCNCC2)C2CC2)n1. The molecule has 1 aliphatic heterocycles. The quantitative estimate of drug-likeness (QED) is 0.927. The number of halogens is 3. The zero-order chi connectivity index (χ0) is 14.9. The molecule has 116 valence electrons. The molecule has 7 heteroatoms. The highest BCUT2D eigenvalue weighted by molar-refractivity contribution is 5.35. The van der Waals surface area contributed by atoms with Gasteiger partial charge < -0.3 is 10.2 Å². The topological polar surface area (TPSA) is 41.1 Å². The minimum absolute atomic E-state index is 0.228. The van der Waals surface area contributed by atoms with E-state index in [2.05, 4.69) is 15.3 Å². The molecule has 0 atom stereocenters. The molecule has 2 heterocycles. The Hall–Kier alpha value is -1.37. The first-order chi connectivity index (χ1) is 10.0. The third-order valence-corrected chi connectivity index (χ3v) is 4.09. The van der Waals surface area contributed by atoms with Gasteiger partial charge in [0.1, 0.15) is 5.69 Å². The summed E-state index contributed by atoms with van der Waals surface area (Å²) in [5, 5.41) is 3.30. The molecule has 2 aliphatic rings. The summed E-state index contributed by atoms with van der Waals surface area (Å²) in [6.07, 6.45) is 0.949. The number of nitrogens with zero attached hydrogens (tertiary/aromatic N) is 3. The van der Waals surface area contributed by atoms with Crippen LogP contribution in [-0.4, -0.2) is 35.6 Å². The van der Waals surface area contributed by atoms with Crippen LogP contribution in [0.2, 0.25) is 0 Å². The summed E-state index contributed by atoms with van der Waals surface area (Å²) in [7, 11) is 0. The van der Waals surface area contributed by atoms with Gasteiger partial charge in [0.15, 0.2) is 0 Å². The molecule has 3 rings (SSSR count). The largest absolute Gasteiger partial charge is 0.433 e. The van der Waals surface area contributed by atoms with Crippen molar-refractivity contribution in [2.24, 2.45) is 5.92 Å². The monoisotopic (exact) mass is 300 g/mol. The van der Waals surface area contributed by atoms with Gasteiger partial charge in [-0.3, -0.25) is 0 Å². The van der Waals surface area contributed by atoms with Gasteiger partial charge in [-0.1, -0.05) is 0 Å². The smallest absolute Gasteiger partial charge is 0.338 e. The van der Waals surface area contributed by atoms with Crippen LogP contribution in [0.3, 0.4) is 0 Å². The summed E-state index contributed by atoms with van der Waals surface area (Å²) in [5.41, 5.74) is -0.858. The summed E-state index contributed by atoms with van der Waals surface area (Å²) in [5.74, 6) is 0.732. The van der Waals surface area contributed by atoms with Crippen molar-refractivity contribution in [2.75, 3.05) is 24.5 Å². The second kappa shape index (κ2) is 5.79. The highest BCUT2D eigenvalue weighted by Gasteiger charge is 2.36. The maximum atomic E-state index is 12.8. The van der Waals surface area contributed by atoms with E-state index in [4.69, 9.17) is 0 Å². The van der Waals surface area contributed by atoms with Gasteiger partial charge in [0.05, 0.1) is 0 Å². The lowest BCUT2D eigenvalue weighted by Gasteiger charge is -2.30. The average molecular weight is 300 g/mol. The predicted octanol–water partition coefficient (Wildman–Crippen LogP) is 2.46. The lowest BCUT2D eigenvalue weighted by atomic mass is 9.97. The normalized spacial score (nSPS) is 20.5.